The van der Waals surface area contributed by atoms with E-state index in [1.807, 2.05) is 0 Å². The molecule has 1 heterocycles. The summed E-state index contributed by atoms with van der Waals surface area (Å²) >= 11 is 0. The van der Waals surface area contributed by atoms with Gasteiger partial charge in [0.25, 0.3) is 0 Å². The molecule has 0 bridgehead atoms. The molecule has 1 amide bonds. The molecule has 1 N–H and O–H groups in total. The number of hydrogen-bond acceptors (Lipinski definition) is 2. The van der Waals surface area contributed by atoms with Crippen molar-refractivity contribution in [3.8, 4) is 0 Å². The van der Waals surface area contributed by atoms with Crippen molar-refractivity contribution in [3.05, 3.63) is 0 Å². The predicted octanol–water partition coefficient (Wildman–Crippen LogP) is 3.19. The van der Waals surface area contributed by atoms with Gasteiger partial charge in [0.2, 0.25) is 5.91 Å². The van der Waals surface area contributed by atoms with E-state index in [1.165, 1.54) is 32.1 Å². The van der Waals surface area contributed by atoms with E-state index in [9.17, 15) is 4.79 Å². The van der Waals surface area contributed by atoms with Crippen molar-refractivity contribution in [1.82, 2.24) is 10.2 Å². The van der Waals surface area contributed by atoms with Crippen LogP contribution < -0.4 is 5.32 Å². The molecule has 1 atom stereocenters. The molecule has 1 saturated carbocycles. The molecule has 0 aromatic heterocycles. The molecular formula is C17H32N2O. The summed E-state index contributed by atoms with van der Waals surface area (Å²) in [5.41, 5.74) is 0. The van der Waals surface area contributed by atoms with Gasteiger partial charge in [-0.2, -0.15) is 0 Å². The van der Waals surface area contributed by atoms with Crippen molar-refractivity contribution < 1.29 is 4.79 Å². The average Bonchev–Trinajstić information content (AvgIpc) is 2.96. The number of carbonyl (C=O) groups excluding carboxylic acids is 1. The zero-order chi connectivity index (χ0) is 14.4. The van der Waals surface area contributed by atoms with Crippen molar-refractivity contribution in [2.24, 2.45) is 11.8 Å². The molecule has 1 saturated heterocycles. The maximum atomic E-state index is 12.8. The highest BCUT2D eigenvalue weighted by molar-refractivity contribution is 5.79. The molecule has 1 unspecified atom stereocenters. The van der Waals surface area contributed by atoms with Gasteiger partial charge in [-0.25, -0.2) is 0 Å². The molecule has 2 fully saturated rings. The van der Waals surface area contributed by atoms with Crippen LogP contribution >= 0.6 is 0 Å². The second kappa shape index (κ2) is 8.02. The molecule has 0 aromatic rings. The minimum absolute atomic E-state index is 0.310. The Morgan fingerprint density at radius 3 is 2.55 bits per heavy atom. The second-order valence-electron chi connectivity index (χ2n) is 6.89. The van der Waals surface area contributed by atoms with E-state index in [0.717, 1.165) is 44.8 Å². The van der Waals surface area contributed by atoms with Crippen LogP contribution in [0.3, 0.4) is 0 Å². The molecule has 0 radical (unpaired) electrons. The number of rotatable bonds is 6. The van der Waals surface area contributed by atoms with Gasteiger partial charge in [0.1, 0.15) is 0 Å². The zero-order valence-corrected chi connectivity index (χ0v) is 13.4. The van der Waals surface area contributed by atoms with E-state index in [2.05, 4.69) is 24.1 Å². The van der Waals surface area contributed by atoms with Crippen LogP contribution in [-0.2, 0) is 4.79 Å². The fourth-order valence-corrected chi connectivity index (χ4v) is 3.58. The molecule has 0 aromatic carbocycles. The van der Waals surface area contributed by atoms with Gasteiger partial charge < -0.3 is 10.2 Å². The molecule has 2 aliphatic rings. The first-order valence-corrected chi connectivity index (χ1v) is 8.73. The van der Waals surface area contributed by atoms with E-state index < -0.39 is 0 Å². The number of nitrogens with one attached hydrogen (secondary N) is 1. The molecule has 3 heteroatoms. The first kappa shape index (κ1) is 15.8. The summed E-state index contributed by atoms with van der Waals surface area (Å²) in [6, 6.07) is 0.540. The Morgan fingerprint density at radius 1 is 1.20 bits per heavy atom. The summed E-state index contributed by atoms with van der Waals surface area (Å²) in [7, 11) is 0. The summed E-state index contributed by atoms with van der Waals surface area (Å²) in [6.07, 6.45) is 9.50. The van der Waals surface area contributed by atoms with Gasteiger partial charge in [0.05, 0.1) is 0 Å². The van der Waals surface area contributed by atoms with Gasteiger partial charge in [-0.15, -0.1) is 0 Å². The summed E-state index contributed by atoms with van der Waals surface area (Å²) in [5, 5.41) is 3.53. The fourth-order valence-electron chi connectivity index (χ4n) is 3.58. The first-order valence-electron chi connectivity index (χ1n) is 8.73. The Labute approximate surface area is 124 Å². The van der Waals surface area contributed by atoms with Crippen LogP contribution in [0.5, 0.6) is 0 Å². The minimum Gasteiger partial charge on any atom is -0.341 e. The maximum Gasteiger partial charge on any atom is 0.225 e. The summed E-state index contributed by atoms with van der Waals surface area (Å²) in [4.78, 5) is 15.0. The van der Waals surface area contributed by atoms with Crippen molar-refractivity contribution in [2.45, 2.75) is 71.3 Å². The third-order valence-electron chi connectivity index (χ3n) is 5.06. The van der Waals surface area contributed by atoms with Crippen LogP contribution in [0.1, 0.15) is 65.2 Å². The third kappa shape index (κ3) is 4.47. The molecule has 0 spiro atoms. The number of unbranched alkanes of at least 4 members (excludes halogenated alkanes) is 1. The number of hydrogen-bond donors (Lipinski definition) is 1. The smallest absolute Gasteiger partial charge is 0.225 e. The minimum atomic E-state index is 0.310. The lowest BCUT2D eigenvalue weighted by Crippen LogP contribution is -2.44. The van der Waals surface area contributed by atoms with Crippen molar-refractivity contribution >= 4 is 5.91 Å². The molecule has 2 rings (SSSR count). The van der Waals surface area contributed by atoms with Crippen molar-refractivity contribution in [2.75, 3.05) is 19.6 Å². The number of amides is 1. The van der Waals surface area contributed by atoms with Crippen LogP contribution in [0.15, 0.2) is 0 Å². The molecular weight excluding hydrogens is 248 g/mol. The highest BCUT2D eigenvalue weighted by Crippen LogP contribution is 2.29. The van der Waals surface area contributed by atoms with Crippen LogP contribution in [0, 0.1) is 11.8 Å². The third-order valence-corrected chi connectivity index (χ3v) is 5.06. The summed E-state index contributed by atoms with van der Waals surface area (Å²) < 4.78 is 0. The highest BCUT2D eigenvalue weighted by Gasteiger charge is 2.29. The molecule has 20 heavy (non-hydrogen) atoms. The van der Waals surface area contributed by atoms with Crippen molar-refractivity contribution in [1.29, 1.82) is 0 Å². The van der Waals surface area contributed by atoms with Gasteiger partial charge in [0, 0.05) is 25.0 Å². The summed E-state index contributed by atoms with van der Waals surface area (Å²) in [5.74, 6) is 1.57. The quantitative estimate of drug-likeness (QED) is 0.810. The Hall–Kier alpha value is -0.570. The van der Waals surface area contributed by atoms with E-state index in [0.29, 0.717) is 17.9 Å². The van der Waals surface area contributed by atoms with Crippen LogP contribution in [0.4, 0.5) is 0 Å². The lowest BCUT2D eigenvalue weighted by Gasteiger charge is -2.32. The fraction of sp³-hybridized carbons (Fsp3) is 0.941. The van der Waals surface area contributed by atoms with Crippen LogP contribution in [-0.4, -0.2) is 36.5 Å². The van der Waals surface area contributed by atoms with E-state index in [1.54, 1.807) is 0 Å². The largest absolute Gasteiger partial charge is 0.341 e. The zero-order valence-electron chi connectivity index (χ0n) is 13.4. The average molecular weight is 280 g/mol. The molecule has 116 valence electrons. The molecule has 1 aliphatic heterocycles. The molecule has 1 aliphatic carbocycles. The van der Waals surface area contributed by atoms with E-state index in [-0.39, 0.29) is 0 Å². The predicted molar refractivity (Wildman–Crippen MR) is 83.6 cm³/mol. The van der Waals surface area contributed by atoms with E-state index >= 15 is 0 Å². The Morgan fingerprint density at radius 2 is 1.95 bits per heavy atom. The maximum absolute atomic E-state index is 12.8. The standard InChI is InChI=1S/C17H32N2O/c1-3-4-12-19(13-16-6-5-11-18-16)17(20)15-9-7-14(2)8-10-15/h14-16,18H,3-13H2,1-2H3. The monoisotopic (exact) mass is 280 g/mol. The normalized spacial score (nSPS) is 30.4. The van der Waals surface area contributed by atoms with Gasteiger partial charge in [-0.3, -0.25) is 4.79 Å². The van der Waals surface area contributed by atoms with Gasteiger partial charge >= 0.3 is 0 Å². The Kier molecular flexibility index (Phi) is 6.34. The van der Waals surface area contributed by atoms with E-state index in [4.69, 9.17) is 0 Å². The number of nitrogens with zero attached hydrogens (tertiary/aromatic N) is 1. The van der Waals surface area contributed by atoms with Gasteiger partial charge in [-0.05, 0) is 57.4 Å². The second-order valence-corrected chi connectivity index (χ2v) is 6.89. The SMILES string of the molecule is CCCCN(CC1CCCN1)C(=O)C1CCC(C)CC1. The molecule has 3 nitrogen and oxygen atoms in total. The van der Waals surface area contributed by atoms with Gasteiger partial charge in [0.15, 0.2) is 0 Å². The topological polar surface area (TPSA) is 32.3 Å². The van der Waals surface area contributed by atoms with Crippen molar-refractivity contribution in [3.63, 3.8) is 0 Å². The summed E-state index contributed by atoms with van der Waals surface area (Å²) in [6.45, 7) is 7.54. The lowest BCUT2D eigenvalue weighted by atomic mass is 9.82. The Balaban J connectivity index is 1.88. The lowest BCUT2D eigenvalue weighted by molar-refractivity contribution is -0.137. The first-order chi connectivity index (χ1) is 9.70. The Bertz CT molecular complexity index is 291. The number of carbonyl (C=O) groups is 1. The van der Waals surface area contributed by atoms with Crippen LogP contribution in [0.25, 0.3) is 0 Å². The van der Waals surface area contributed by atoms with Crippen LogP contribution in [0.2, 0.25) is 0 Å². The highest BCUT2D eigenvalue weighted by atomic mass is 16.2. The van der Waals surface area contributed by atoms with Gasteiger partial charge in [-0.1, -0.05) is 20.3 Å².